The number of nitrogens with one attached hydrogen (secondary N) is 1. The Labute approximate surface area is 159 Å². The van der Waals surface area contributed by atoms with Gasteiger partial charge in [-0.1, -0.05) is 62.6 Å². The number of carbonyl (C=O) groups is 1. The summed E-state index contributed by atoms with van der Waals surface area (Å²) in [5.41, 5.74) is 3.31. The first kappa shape index (κ1) is 21.0. The fraction of sp³-hybridized carbons (Fsp3) is 0.696. The molecule has 1 aliphatic heterocycles. The highest BCUT2D eigenvalue weighted by Gasteiger charge is 2.14. The van der Waals surface area contributed by atoms with Crippen molar-refractivity contribution in [2.75, 3.05) is 11.9 Å². The molecule has 0 radical (unpaired) electrons. The number of aryl methyl sites for hydroxylation is 2. The van der Waals surface area contributed by atoms with E-state index in [0.717, 1.165) is 30.7 Å². The van der Waals surface area contributed by atoms with Crippen molar-refractivity contribution in [3.8, 4) is 0 Å². The highest BCUT2D eigenvalue weighted by molar-refractivity contribution is 5.91. The molecule has 1 amide bonds. The molecule has 1 aliphatic rings. The Morgan fingerprint density at radius 3 is 2.38 bits per heavy atom. The summed E-state index contributed by atoms with van der Waals surface area (Å²) >= 11 is 0. The average Bonchev–Trinajstić information content (AvgIpc) is 3.12. The largest absolute Gasteiger partial charge is 0.378 e. The van der Waals surface area contributed by atoms with Crippen LogP contribution in [0.25, 0.3) is 0 Å². The minimum Gasteiger partial charge on any atom is -0.378 e. The second-order valence-electron chi connectivity index (χ2n) is 7.87. The fourth-order valence-electron chi connectivity index (χ4n) is 3.76. The highest BCUT2D eigenvalue weighted by atomic mass is 16.5. The van der Waals surface area contributed by atoms with E-state index in [0.29, 0.717) is 12.5 Å². The van der Waals surface area contributed by atoms with Crippen LogP contribution in [0.15, 0.2) is 18.2 Å². The Kier molecular flexibility index (Phi) is 9.76. The van der Waals surface area contributed by atoms with Gasteiger partial charge in [0.15, 0.2) is 0 Å². The lowest BCUT2D eigenvalue weighted by molar-refractivity contribution is -0.116. The number of hydrogen-bond acceptors (Lipinski definition) is 2. The molecular formula is C23H37NO2. The van der Waals surface area contributed by atoms with Gasteiger partial charge in [0.05, 0.1) is 6.10 Å². The van der Waals surface area contributed by atoms with E-state index in [1.54, 1.807) is 0 Å². The number of rotatable bonds is 12. The van der Waals surface area contributed by atoms with Crippen molar-refractivity contribution in [2.24, 2.45) is 0 Å². The lowest BCUT2D eigenvalue weighted by Gasteiger charge is -2.09. The number of unbranched alkanes of at least 4 members (excludes halogenated alkanes) is 7. The van der Waals surface area contributed by atoms with Crippen LogP contribution in [0.2, 0.25) is 0 Å². The molecule has 1 saturated heterocycles. The molecule has 2 rings (SSSR count). The molecule has 1 heterocycles. The third-order valence-corrected chi connectivity index (χ3v) is 5.36. The van der Waals surface area contributed by atoms with Crippen molar-refractivity contribution >= 4 is 11.6 Å². The molecule has 0 bridgehead atoms. The second-order valence-corrected chi connectivity index (χ2v) is 7.87. The van der Waals surface area contributed by atoms with Gasteiger partial charge in [-0.25, -0.2) is 0 Å². The maximum absolute atomic E-state index is 12.0. The monoisotopic (exact) mass is 359 g/mol. The molecule has 146 valence electrons. The summed E-state index contributed by atoms with van der Waals surface area (Å²) in [6.45, 7) is 5.10. The third-order valence-electron chi connectivity index (χ3n) is 5.36. The summed E-state index contributed by atoms with van der Waals surface area (Å²) in [4.78, 5) is 12.0. The van der Waals surface area contributed by atoms with Crippen molar-refractivity contribution in [3.63, 3.8) is 0 Å². The molecule has 0 aliphatic carbocycles. The van der Waals surface area contributed by atoms with Gasteiger partial charge >= 0.3 is 0 Å². The molecule has 3 nitrogen and oxygen atoms in total. The van der Waals surface area contributed by atoms with Gasteiger partial charge in [0, 0.05) is 18.7 Å². The van der Waals surface area contributed by atoms with Gasteiger partial charge in [-0.2, -0.15) is 0 Å². The van der Waals surface area contributed by atoms with Gasteiger partial charge in [0.1, 0.15) is 0 Å². The smallest absolute Gasteiger partial charge is 0.224 e. The number of amides is 1. The summed E-state index contributed by atoms with van der Waals surface area (Å²) in [6.07, 6.45) is 15.0. The van der Waals surface area contributed by atoms with Gasteiger partial charge in [0.25, 0.3) is 0 Å². The van der Waals surface area contributed by atoms with E-state index >= 15 is 0 Å². The number of hydrogen-bond donors (Lipinski definition) is 1. The number of ether oxygens (including phenoxy) is 1. The van der Waals surface area contributed by atoms with Crippen molar-refractivity contribution in [1.82, 2.24) is 0 Å². The second kappa shape index (κ2) is 12.1. The molecule has 0 spiro atoms. The zero-order valence-corrected chi connectivity index (χ0v) is 16.8. The van der Waals surface area contributed by atoms with E-state index in [1.165, 1.54) is 63.4 Å². The molecule has 1 atom stereocenters. The Morgan fingerprint density at radius 1 is 1.04 bits per heavy atom. The molecule has 1 aromatic rings. The van der Waals surface area contributed by atoms with Gasteiger partial charge < -0.3 is 10.1 Å². The Bertz CT molecular complexity index is 535. The van der Waals surface area contributed by atoms with E-state index in [-0.39, 0.29) is 5.91 Å². The molecule has 1 fully saturated rings. The maximum atomic E-state index is 12.0. The molecule has 3 heteroatoms. The average molecular weight is 360 g/mol. The predicted octanol–water partition coefficient (Wildman–Crippen LogP) is 6.32. The summed E-state index contributed by atoms with van der Waals surface area (Å²) in [6, 6.07) is 6.15. The number of benzene rings is 1. The summed E-state index contributed by atoms with van der Waals surface area (Å²) < 4.78 is 5.66. The molecule has 0 aromatic heterocycles. The standard InChI is InChI=1S/C23H37NO2/c1-19-15-16-22(20(2)18-19)24-23(25)14-10-8-6-4-3-5-7-9-12-21-13-11-17-26-21/h15-16,18,21H,3-14,17H2,1-2H3,(H,24,25)/t21-/m0/s1. The van der Waals surface area contributed by atoms with Crippen LogP contribution >= 0.6 is 0 Å². The quantitative estimate of drug-likeness (QED) is 0.443. The van der Waals surface area contributed by atoms with Crippen LogP contribution in [-0.4, -0.2) is 18.6 Å². The van der Waals surface area contributed by atoms with E-state index < -0.39 is 0 Å². The Balaban J connectivity index is 1.40. The first-order valence-corrected chi connectivity index (χ1v) is 10.6. The van der Waals surface area contributed by atoms with Crippen LogP contribution in [0.4, 0.5) is 5.69 Å². The van der Waals surface area contributed by atoms with E-state index in [2.05, 4.69) is 18.3 Å². The van der Waals surface area contributed by atoms with Crippen molar-refractivity contribution in [2.45, 2.75) is 97.0 Å². The van der Waals surface area contributed by atoms with Gasteiger partial charge in [-0.15, -0.1) is 0 Å². The van der Waals surface area contributed by atoms with Gasteiger partial charge in [-0.05, 0) is 51.2 Å². The summed E-state index contributed by atoms with van der Waals surface area (Å²) in [5, 5.41) is 3.04. The lowest BCUT2D eigenvalue weighted by Crippen LogP contribution is -2.12. The Hall–Kier alpha value is -1.35. The normalized spacial score (nSPS) is 16.8. The van der Waals surface area contributed by atoms with Crippen LogP contribution < -0.4 is 5.32 Å². The van der Waals surface area contributed by atoms with Crippen LogP contribution in [-0.2, 0) is 9.53 Å². The molecule has 26 heavy (non-hydrogen) atoms. The molecule has 1 aromatic carbocycles. The summed E-state index contributed by atoms with van der Waals surface area (Å²) in [5.74, 6) is 0.145. The van der Waals surface area contributed by atoms with Crippen LogP contribution in [0.3, 0.4) is 0 Å². The Morgan fingerprint density at radius 2 is 1.73 bits per heavy atom. The van der Waals surface area contributed by atoms with Crippen molar-refractivity contribution in [1.29, 1.82) is 0 Å². The maximum Gasteiger partial charge on any atom is 0.224 e. The first-order chi connectivity index (χ1) is 12.6. The topological polar surface area (TPSA) is 38.3 Å². The third kappa shape index (κ3) is 8.35. The molecule has 1 N–H and O–H groups in total. The van der Waals surface area contributed by atoms with E-state index in [1.807, 2.05) is 19.1 Å². The number of carbonyl (C=O) groups excluding carboxylic acids is 1. The van der Waals surface area contributed by atoms with Crippen molar-refractivity contribution < 1.29 is 9.53 Å². The predicted molar refractivity (Wildman–Crippen MR) is 110 cm³/mol. The van der Waals surface area contributed by atoms with Gasteiger partial charge in [0.2, 0.25) is 5.91 Å². The summed E-state index contributed by atoms with van der Waals surface area (Å²) in [7, 11) is 0. The SMILES string of the molecule is Cc1ccc(NC(=O)CCCCCCCCCC[C@H]2CCCO2)c(C)c1. The zero-order valence-electron chi connectivity index (χ0n) is 16.8. The minimum atomic E-state index is 0.145. The van der Waals surface area contributed by atoms with Crippen LogP contribution in [0.1, 0.15) is 88.2 Å². The minimum absolute atomic E-state index is 0.145. The highest BCUT2D eigenvalue weighted by Crippen LogP contribution is 2.19. The fourth-order valence-corrected chi connectivity index (χ4v) is 3.76. The molecule has 0 unspecified atom stereocenters. The van der Waals surface area contributed by atoms with E-state index in [9.17, 15) is 4.79 Å². The first-order valence-electron chi connectivity index (χ1n) is 10.6. The molecular weight excluding hydrogens is 322 g/mol. The van der Waals surface area contributed by atoms with Gasteiger partial charge in [-0.3, -0.25) is 4.79 Å². The zero-order chi connectivity index (χ0) is 18.6. The van der Waals surface area contributed by atoms with Crippen LogP contribution in [0.5, 0.6) is 0 Å². The van der Waals surface area contributed by atoms with E-state index in [4.69, 9.17) is 4.74 Å². The van der Waals surface area contributed by atoms with Crippen molar-refractivity contribution in [3.05, 3.63) is 29.3 Å². The lowest BCUT2D eigenvalue weighted by atomic mass is 10.0. The number of anilines is 1. The molecule has 0 saturated carbocycles. The van der Waals surface area contributed by atoms with Crippen LogP contribution in [0, 0.1) is 13.8 Å².